The number of hydrogen-bond acceptors (Lipinski definition) is 5. The van der Waals surface area contributed by atoms with E-state index < -0.39 is 18.0 Å². The highest BCUT2D eigenvalue weighted by atomic mass is 16.4. The number of amides is 1. The van der Waals surface area contributed by atoms with E-state index in [0.717, 1.165) is 5.56 Å². The van der Waals surface area contributed by atoms with Crippen LogP contribution in [0.5, 0.6) is 0 Å². The Balaban J connectivity index is 1.84. The predicted molar refractivity (Wildman–Crippen MR) is 102 cm³/mol. The maximum Gasteiger partial charge on any atom is 0.335 e. The molecule has 0 aliphatic rings. The molecule has 1 aromatic heterocycles. The molecule has 7 nitrogen and oxygen atoms in total. The van der Waals surface area contributed by atoms with Crippen LogP contribution in [0.2, 0.25) is 0 Å². The molecule has 0 saturated carbocycles. The Bertz CT molecular complexity index is 977. The van der Waals surface area contributed by atoms with Crippen LogP contribution in [0.4, 0.5) is 5.69 Å². The van der Waals surface area contributed by atoms with Crippen molar-refractivity contribution in [3.8, 4) is 0 Å². The van der Waals surface area contributed by atoms with Crippen LogP contribution < -0.4 is 10.6 Å². The molecule has 142 valence electrons. The van der Waals surface area contributed by atoms with Crippen LogP contribution in [0.3, 0.4) is 0 Å². The average Bonchev–Trinajstić information content (AvgIpc) is 3.23. The number of carbonyl (C=O) groups is 3. The summed E-state index contributed by atoms with van der Waals surface area (Å²) in [6.45, 7) is 1.91. The smallest absolute Gasteiger partial charge is 0.335 e. The van der Waals surface area contributed by atoms with Gasteiger partial charge in [0.1, 0.15) is 0 Å². The van der Waals surface area contributed by atoms with E-state index in [1.807, 2.05) is 6.92 Å². The number of anilines is 1. The van der Waals surface area contributed by atoms with Gasteiger partial charge >= 0.3 is 5.97 Å². The normalized spacial score (nSPS) is 11.5. The Morgan fingerprint density at radius 1 is 0.929 bits per heavy atom. The molecule has 0 aliphatic carbocycles. The summed E-state index contributed by atoms with van der Waals surface area (Å²) >= 11 is 0. The predicted octanol–water partition coefficient (Wildman–Crippen LogP) is 3.34. The van der Waals surface area contributed by atoms with E-state index >= 15 is 0 Å². The van der Waals surface area contributed by atoms with Crippen molar-refractivity contribution >= 4 is 23.3 Å². The highest BCUT2D eigenvalue weighted by molar-refractivity contribution is 6.04. The molecule has 1 atom stereocenters. The van der Waals surface area contributed by atoms with E-state index in [-0.39, 0.29) is 17.1 Å². The van der Waals surface area contributed by atoms with Crippen molar-refractivity contribution in [3.05, 3.63) is 89.4 Å². The molecule has 3 rings (SSSR count). The molecule has 3 aromatic rings. The Labute approximate surface area is 161 Å². The van der Waals surface area contributed by atoms with Crippen LogP contribution in [-0.4, -0.2) is 28.9 Å². The molecule has 7 heteroatoms. The molecule has 0 bridgehead atoms. The molecule has 0 saturated heterocycles. The van der Waals surface area contributed by atoms with Crippen molar-refractivity contribution in [1.82, 2.24) is 5.32 Å². The van der Waals surface area contributed by atoms with E-state index in [0.29, 0.717) is 11.3 Å². The minimum absolute atomic E-state index is 0.0738. The van der Waals surface area contributed by atoms with Crippen molar-refractivity contribution in [3.63, 3.8) is 0 Å². The highest BCUT2D eigenvalue weighted by Crippen LogP contribution is 2.14. The zero-order chi connectivity index (χ0) is 20.1. The number of benzene rings is 2. The van der Waals surface area contributed by atoms with Crippen molar-refractivity contribution in [1.29, 1.82) is 0 Å². The molecule has 0 aliphatic heterocycles. The molecule has 1 heterocycles. The van der Waals surface area contributed by atoms with Gasteiger partial charge in [-0.25, -0.2) is 4.79 Å². The molecule has 2 aromatic carbocycles. The SMILES string of the molecule is Cc1ccc(C(=O)[C@H](NC(=O)c2ccco2)Nc2ccc(C(=O)O)cc2)cc1. The fraction of sp³-hybridized carbons (Fsp3) is 0.0952. The molecular weight excluding hydrogens is 360 g/mol. The number of aromatic carboxylic acids is 1. The highest BCUT2D eigenvalue weighted by Gasteiger charge is 2.24. The summed E-state index contributed by atoms with van der Waals surface area (Å²) in [6, 6.07) is 15.9. The number of nitrogens with one attached hydrogen (secondary N) is 2. The first-order valence-electron chi connectivity index (χ1n) is 8.49. The van der Waals surface area contributed by atoms with Gasteiger partial charge in [0.2, 0.25) is 5.78 Å². The number of carboxylic acid groups (broad SMARTS) is 1. The van der Waals surface area contributed by atoms with E-state index in [9.17, 15) is 14.4 Å². The summed E-state index contributed by atoms with van der Waals surface area (Å²) in [7, 11) is 0. The number of carbonyl (C=O) groups excluding carboxylic acids is 2. The first-order chi connectivity index (χ1) is 13.4. The van der Waals surface area contributed by atoms with Crippen molar-refractivity contribution in [2.45, 2.75) is 13.1 Å². The monoisotopic (exact) mass is 378 g/mol. The third-order valence-corrected chi connectivity index (χ3v) is 4.06. The molecule has 1 amide bonds. The molecule has 0 unspecified atom stereocenters. The van der Waals surface area contributed by atoms with Gasteiger partial charge in [-0.2, -0.15) is 0 Å². The van der Waals surface area contributed by atoms with Gasteiger partial charge in [0.15, 0.2) is 11.9 Å². The van der Waals surface area contributed by atoms with Gasteiger partial charge in [-0.3, -0.25) is 9.59 Å². The fourth-order valence-corrected chi connectivity index (χ4v) is 2.54. The minimum atomic E-state index is -1.07. The molecule has 0 radical (unpaired) electrons. The number of furan rings is 1. The van der Waals surface area contributed by atoms with Crippen molar-refractivity contribution in [2.24, 2.45) is 0 Å². The molecular formula is C21H18N2O5. The molecule has 0 spiro atoms. The average molecular weight is 378 g/mol. The second-order valence-corrected chi connectivity index (χ2v) is 6.14. The van der Waals surface area contributed by atoms with Crippen molar-refractivity contribution < 1.29 is 23.9 Å². The summed E-state index contributed by atoms with van der Waals surface area (Å²) in [4.78, 5) is 36.3. The third-order valence-electron chi connectivity index (χ3n) is 4.06. The Hall–Kier alpha value is -3.87. The first-order valence-corrected chi connectivity index (χ1v) is 8.49. The zero-order valence-corrected chi connectivity index (χ0v) is 15.0. The van der Waals surface area contributed by atoms with Gasteiger partial charge in [0, 0.05) is 11.3 Å². The summed E-state index contributed by atoms with van der Waals surface area (Å²) in [5.74, 6) is -1.87. The lowest BCUT2D eigenvalue weighted by molar-refractivity contribution is 0.0696. The summed E-state index contributed by atoms with van der Waals surface area (Å²) < 4.78 is 5.07. The van der Waals surface area contributed by atoms with Gasteiger partial charge in [-0.05, 0) is 43.3 Å². The van der Waals surface area contributed by atoms with Crippen LogP contribution in [0, 0.1) is 6.92 Å². The Kier molecular flexibility index (Phi) is 5.55. The Morgan fingerprint density at radius 3 is 2.14 bits per heavy atom. The van der Waals surface area contributed by atoms with Gasteiger partial charge in [-0.15, -0.1) is 0 Å². The number of carboxylic acids is 1. The quantitative estimate of drug-likeness (QED) is 0.430. The first kappa shape index (κ1) is 18.9. The second-order valence-electron chi connectivity index (χ2n) is 6.14. The zero-order valence-electron chi connectivity index (χ0n) is 15.0. The minimum Gasteiger partial charge on any atom is -0.478 e. The maximum absolute atomic E-state index is 12.9. The topological polar surface area (TPSA) is 109 Å². The fourth-order valence-electron chi connectivity index (χ4n) is 2.54. The Morgan fingerprint density at radius 2 is 1.57 bits per heavy atom. The number of aryl methyl sites for hydroxylation is 1. The molecule has 28 heavy (non-hydrogen) atoms. The van der Waals surface area contributed by atoms with E-state index in [4.69, 9.17) is 9.52 Å². The lowest BCUT2D eigenvalue weighted by atomic mass is 10.1. The van der Waals surface area contributed by atoms with Crippen LogP contribution in [0.25, 0.3) is 0 Å². The van der Waals surface area contributed by atoms with E-state index in [1.54, 1.807) is 30.3 Å². The van der Waals surface area contributed by atoms with Crippen LogP contribution in [0.15, 0.2) is 71.3 Å². The van der Waals surface area contributed by atoms with Gasteiger partial charge in [0.05, 0.1) is 11.8 Å². The largest absolute Gasteiger partial charge is 0.478 e. The summed E-state index contributed by atoms with van der Waals surface area (Å²) in [5.41, 5.74) is 2.02. The summed E-state index contributed by atoms with van der Waals surface area (Å²) in [5, 5.41) is 14.5. The molecule has 3 N–H and O–H groups in total. The third kappa shape index (κ3) is 4.45. The standard InChI is InChI=1S/C21H18N2O5/c1-13-4-6-14(7-5-13)18(24)19(23-20(25)17-3-2-12-28-17)22-16-10-8-15(9-11-16)21(26)27/h2-12,19,22H,1H3,(H,23,25)(H,26,27)/t19-/m0/s1. The van der Waals surface area contributed by atoms with E-state index in [2.05, 4.69) is 10.6 Å². The molecule has 0 fully saturated rings. The second kappa shape index (κ2) is 8.22. The van der Waals surface area contributed by atoms with Crippen LogP contribution >= 0.6 is 0 Å². The number of Topliss-reactive ketones (excluding diaryl/α,β-unsaturated/α-hetero) is 1. The van der Waals surface area contributed by atoms with Gasteiger partial charge in [-0.1, -0.05) is 29.8 Å². The number of rotatable bonds is 7. The lowest BCUT2D eigenvalue weighted by Gasteiger charge is -2.20. The number of ketones is 1. The van der Waals surface area contributed by atoms with Crippen molar-refractivity contribution in [2.75, 3.05) is 5.32 Å². The van der Waals surface area contributed by atoms with Crippen LogP contribution in [-0.2, 0) is 0 Å². The van der Waals surface area contributed by atoms with Gasteiger partial charge in [0.25, 0.3) is 5.91 Å². The van der Waals surface area contributed by atoms with E-state index in [1.165, 1.54) is 36.6 Å². The van der Waals surface area contributed by atoms with Gasteiger partial charge < -0.3 is 20.2 Å². The summed E-state index contributed by atoms with van der Waals surface area (Å²) in [6.07, 6.45) is 0.292. The van der Waals surface area contributed by atoms with Crippen LogP contribution in [0.1, 0.15) is 36.8 Å². The number of hydrogen-bond donors (Lipinski definition) is 3. The lowest BCUT2D eigenvalue weighted by Crippen LogP contribution is -2.46. The maximum atomic E-state index is 12.9.